The van der Waals surface area contributed by atoms with Crippen LogP contribution in [-0.2, 0) is 0 Å². The molecule has 84 valence electrons. The van der Waals surface area contributed by atoms with E-state index in [4.69, 9.17) is 0 Å². The second-order valence-corrected chi connectivity index (χ2v) is 5.33. The fourth-order valence-corrected chi connectivity index (χ4v) is 2.31. The van der Waals surface area contributed by atoms with E-state index in [9.17, 15) is 4.79 Å². The lowest BCUT2D eigenvalue weighted by atomic mass is 10.2. The van der Waals surface area contributed by atoms with Crippen molar-refractivity contribution < 1.29 is 0 Å². The van der Waals surface area contributed by atoms with Gasteiger partial charge in [0, 0.05) is 10.2 Å². The Hall–Kier alpha value is -0.810. The molecule has 0 radical (unpaired) electrons. The van der Waals surface area contributed by atoms with Crippen molar-refractivity contribution in [2.75, 3.05) is 0 Å². The summed E-state index contributed by atoms with van der Waals surface area (Å²) in [5.74, 6) is 0. The highest BCUT2D eigenvalue weighted by Crippen LogP contribution is 2.19. The number of hydrogen-bond acceptors (Lipinski definition) is 1. The summed E-state index contributed by atoms with van der Waals surface area (Å²) in [6.45, 7) is 3.83. The van der Waals surface area contributed by atoms with Crippen LogP contribution < -0.4 is 5.56 Å². The van der Waals surface area contributed by atoms with Gasteiger partial charge < -0.3 is 0 Å². The van der Waals surface area contributed by atoms with Gasteiger partial charge in [-0.25, -0.2) is 4.68 Å². The first-order valence-corrected chi connectivity index (χ1v) is 6.33. The van der Waals surface area contributed by atoms with Crippen molar-refractivity contribution in [3.63, 3.8) is 0 Å². The highest BCUT2D eigenvalue weighted by Gasteiger charge is 2.11. The molecule has 1 N–H and O–H groups in total. The number of halogens is 2. The first-order valence-electron chi connectivity index (χ1n) is 4.74. The largest absolute Gasteiger partial charge is 0.294 e. The standard InChI is InChI=1S/C11H10Br2N2O/c1-6-5-8(12)3-4-9(6)15-11(16)10(13)7(2)14-15/h3-5,14H,1-2H3. The van der Waals surface area contributed by atoms with Gasteiger partial charge >= 0.3 is 0 Å². The molecule has 0 spiro atoms. The zero-order chi connectivity index (χ0) is 11.9. The van der Waals surface area contributed by atoms with Crippen LogP contribution in [0.2, 0.25) is 0 Å². The van der Waals surface area contributed by atoms with Crippen LogP contribution in [-0.4, -0.2) is 9.78 Å². The van der Waals surface area contributed by atoms with Gasteiger partial charge in [0.15, 0.2) is 0 Å². The van der Waals surface area contributed by atoms with E-state index in [1.807, 2.05) is 32.0 Å². The number of hydrogen-bond donors (Lipinski definition) is 1. The highest BCUT2D eigenvalue weighted by molar-refractivity contribution is 9.10. The van der Waals surface area contributed by atoms with E-state index in [2.05, 4.69) is 37.0 Å². The second-order valence-electron chi connectivity index (χ2n) is 3.62. The van der Waals surface area contributed by atoms with Crippen LogP contribution in [0.15, 0.2) is 31.9 Å². The fourth-order valence-electron chi connectivity index (χ4n) is 1.57. The van der Waals surface area contributed by atoms with E-state index in [1.165, 1.54) is 0 Å². The summed E-state index contributed by atoms with van der Waals surface area (Å²) in [4.78, 5) is 11.9. The summed E-state index contributed by atoms with van der Waals surface area (Å²) in [7, 11) is 0. The molecule has 1 heterocycles. The monoisotopic (exact) mass is 344 g/mol. The van der Waals surface area contributed by atoms with Crippen LogP contribution in [0.1, 0.15) is 11.3 Å². The zero-order valence-electron chi connectivity index (χ0n) is 8.84. The van der Waals surface area contributed by atoms with Crippen LogP contribution >= 0.6 is 31.9 Å². The van der Waals surface area contributed by atoms with Crippen molar-refractivity contribution in [2.45, 2.75) is 13.8 Å². The molecule has 1 aromatic carbocycles. The third kappa shape index (κ3) is 1.89. The van der Waals surface area contributed by atoms with Crippen LogP contribution in [0.3, 0.4) is 0 Å². The number of benzene rings is 1. The maximum Gasteiger partial charge on any atom is 0.285 e. The van der Waals surface area contributed by atoms with Crippen molar-refractivity contribution >= 4 is 31.9 Å². The number of nitrogens with one attached hydrogen (secondary N) is 1. The van der Waals surface area contributed by atoms with Crippen molar-refractivity contribution in [1.82, 2.24) is 9.78 Å². The predicted molar refractivity (Wildman–Crippen MR) is 71.3 cm³/mol. The Bertz CT molecular complexity index is 599. The number of rotatable bonds is 1. The summed E-state index contributed by atoms with van der Waals surface area (Å²) >= 11 is 6.66. The molecule has 0 aliphatic carbocycles. The quantitative estimate of drug-likeness (QED) is 0.846. The van der Waals surface area contributed by atoms with Gasteiger partial charge in [-0.15, -0.1) is 0 Å². The van der Waals surface area contributed by atoms with Gasteiger partial charge in [0.1, 0.15) is 4.47 Å². The van der Waals surface area contributed by atoms with E-state index >= 15 is 0 Å². The maximum absolute atomic E-state index is 11.9. The minimum absolute atomic E-state index is 0.0667. The van der Waals surface area contributed by atoms with E-state index in [0.717, 1.165) is 21.4 Å². The normalized spacial score (nSPS) is 10.8. The molecule has 5 heteroatoms. The number of H-pyrrole nitrogens is 1. The molecule has 0 unspecified atom stereocenters. The van der Waals surface area contributed by atoms with Crippen molar-refractivity contribution in [2.24, 2.45) is 0 Å². The van der Waals surface area contributed by atoms with Gasteiger partial charge in [-0.2, -0.15) is 0 Å². The average Bonchev–Trinajstić information content (AvgIpc) is 2.46. The molecule has 16 heavy (non-hydrogen) atoms. The Balaban J connectivity index is 2.68. The van der Waals surface area contributed by atoms with Crippen LogP contribution in [0.25, 0.3) is 5.69 Å². The van der Waals surface area contributed by atoms with Gasteiger partial charge in [-0.1, -0.05) is 15.9 Å². The molecule has 0 saturated carbocycles. The molecular weight excluding hydrogens is 336 g/mol. The van der Waals surface area contributed by atoms with E-state index < -0.39 is 0 Å². The summed E-state index contributed by atoms with van der Waals surface area (Å²) in [6.07, 6.45) is 0. The van der Waals surface area contributed by atoms with Crippen LogP contribution in [0, 0.1) is 13.8 Å². The summed E-state index contributed by atoms with van der Waals surface area (Å²) < 4.78 is 3.13. The number of aromatic amines is 1. The molecule has 0 bridgehead atoms. The highest BCUT2D eigenvalue weighted by atomic mass is 79.9. The van der Waals surface area contributed by atoms with Crippen molar-refractivity contribution in [3.05, 3.63) is 48.8 Å². The fraction of sp³-hybridized carbons (Fsp3) is 0.182. The Kier molecular flexibility index (Phi) is 3.08. The Morgan fingerprint density at radius 3 is 2.44 bits per heavy atom. The van der Waals surface area contributed by atoms with Gasteiger partial charge in [-0.3, -0.25) is 9.89 Å². The maximum atomic E-state index is 11.9. The Morgan fingerprint density at radius 2 is 1.94 bits per heavy atom. The van der Waals surface area contributed by atoms with Crippen molar-refractivity contribution in [3.8, 4) is 5.69 Å². The van der Waals surface area contributed by atoms with E-state index in [-0.39, 0.29) is 5.56 Å². The molecule has 0 fully saturated rings. The van der Waals surface area contributed by atoms with E-state index in [0.29, 0.717) is 4.47 Å². The molecular formula is C11H10Br2N2O. The summed E-state index contributed by atoms with van der Waals surface area (Å²) in [6, 6.07) is 5.80. The number of aromatic nitrogens is 2. The molecule has 2 rings (SSSR count). The average molecular weight is 346 g/mol. The minimum Gasteiger partial charge on any atom is -0.294 e. The molecule has 0 aliphatic heterocycles. The Morgan fingerprint density at radius 1 is 1.25 bits per heavy atom. The first-order chi connectivity index (χ1) is 7.50. The lowest BCUT2D eigenvalue weighted by Gasteiger charge is -2.06. The second kappa shape index (κ2) is 4.22. The van der Waals surface area contributed by atoms with E-state index in [1.54, 1.807) is 4.68 Å². The lowest BCUT2D eigenvalue weighted by molar-refractivity contribution is 0.828. The molecule has 3 nitrogen and oxygen atoms in total. The van der Waals surface area contributed by atoms with Gasteiger partial charge in [0.05, 0.1) is 5.69 Å². The molecule has 0 amide bonds. The first kappa shape index (κ1) is 11.7. The van der Waals surface area contributed by atoms with Crippen molar-refractivity contribution in [1.29, 1.82) is 0 Å². The molecule has 2 aromatic rings. The Labute approximate surface area is 110 Å². The third-order valence-electron chi connectivity index (χ3n) is 2.40. The number of nitrogens with zero attached hydrogens (tertiary/aromatic N) is 1. The van der Waals surface area contributed by atoms with Crippen LogP contribution in [0.5, 0.6) is 0 Å². The van der Waals surface area contributed by atoms with Gasteiger partial charge in [-0.05, 0) is 53.5 Å². The summed E-state index contributed by atoms with van der Waals surface area (Å²) in [5.41, 5.74) is 2.66. The predicted octanol–water partition coefficient (Wildman–Crippen LogP) is 3.31. The molecule has 0 saturated heterocycles. The lowest BCUT2D eigenvalue weighted by Crippen LogP contribution is -2.15. The topological polar surface area (TPSA) is 37.8 Å². The smallest absolute Gasteiger partial charge is 0.285 e. The molecule has 1 aromatic heterocycles. The minimum atomic E-state index is -0.0667. The van der Waals surface area contributed by atoms with Crippen LogP contribution in [0.4, 0.5) is 0 Å². The van der Waals surface area contributed by atoms with Gasteiger partial charge in [0.2, 0.25) is 0 Å². The summed E-state index contributed by atoms with van der Waals surface area (Å²) in [5, 5.41) is 3.03. The number of aryl methyl sites for hydroxylation is 2. The SMILES string of the molecule is Cc1cc(Br)ccc1-n1[nH]c(C)c(Br)c1=O. The molecule has 0 atom stereocenters. The third-order valence-corrected chi connectivity index (χ3v) is 3.83. The van der Waals surface area contributed by atoms with Gasteiger partial charge in [0.25, 0.3) is 5.56 Å². The zero-order valence-corrected chi connectivity index (χ0v) is 12.0. The molecule has 0 aliphatic rings.